The molecule has 0 aliphatic heterocycles. The van der Waals surface area contributed by atoms with E-state index in [1.807, 2.05) is 113 Å². The zero-order valence-electron chi connectivity index (χ0n) is 33.3. The molecular formula is C55H34F6N2. The largest absolute Gasteiger partial charge is 0.416 e. The molecule has 0 amide bonds. The van der Waals surface area contributed by atoms with Crippen molar-refractivity contribution in [1.82, 2.24) is 0 Å². The van der Waals surface area contributed by atoms with Crippen LogP contribution in [0.4, 0.5) is 60.5 Å². The van der Waals surface area contributed by atoms with E-state index in [9.17, 15) is 26.3 Å². The topological polar surface area (TPSA) is 6.48 Å². The normalized spacial score (nSPS) is 13.4. The molecule has 2 aliphatic rings. The molecule has 1 spiro atoms. The van der Waals surface area contributed by atoms with Crippen molar-refractivity contribution in [3.63, 3.8) is 0 Å². The number of rotatable bonds is 6. The van der Waals surface area contributed by atoms with Crippen LogP contribution in [0.2, 0.25) is 0 Å². The summed E-state index contributed by atoms with van der Waals surface area (Å²) in [6, 6.07) is 63.3. The molecule has 63 heavy (non-hydrogen) atoms. The summed E-state index contributed by atoms with van der Waals surface area (Å²) >= 11 is 0. The van der Waals surface area contributed by atoms with Gasteiger partial charge in [-0.2, -0.15) is 26.3 Å². The van der Waals surface area contributed by atoms with Crippen molar-refractivity contribution >= 4 is 44.9 Å². The second-order valence-corrected chi connectivity index (χ2v) is 15.9. The minimum absolute atomic E-state index is 0.563. The van der Waals surface area contributed by atoms with Crippen molar-refractivity contribution in [1.29, 1.82) is 0 Å². The van der Waals surface area contributed by atoms with Crippen LogP contribution >= 0.6 is 0 Å². The monoisotopic (exact) mass is 836 g/mol. The Labute approximate surface area is 359 Å². The summed E-state index contributed by atoms with van der Waals surface area (Å²) in [4.78, 5) is 4.01. The minimum atomic E-state index is -4.50. The number of anilines is 6. The number of hydrogen-bond acceptors (Lipinski definition) is 2. The van der Waals surface area contributed by atoms with Crippen molar-refractivity contribution in [3.05, 3.63) is 240 Å². The van der Waals surface area contributed by atoms with Crippen LogP contribution in [0, 0.1) is 0 Å². The highest BCUT2D eigenvalue weighted by molar-refractivity contribution is 6.12. The first kappa shape index (κ1) is 38.3. The molecule has 8 heteroatoms. The van der Waals surface area contributed by atoms with E-state index in [0.717, 1.165) is 102 Å². The molecule has 0 bridgehead atoms. The fourth-order valence-electron chi connectivity index (χ4n) is 9.91. The SMILES string of the molecule is FC(F)(F)c1ccc(N(c2ccccc2)c2ccc3c(c2)C2(c4ccccc4-c4ccccc42)c2cc(N(c4ccccc4)c4ccc(C(F)(F)F)cc4)c4ccccc4c2-3)cc1. The van der Waals surface area contributed by atoms with E-state index in [2.05, 4.69) is 54.6 Å². The van der Waals surface area contributed by atoms with Gasteiger partial charge in [-0.15, -0.1) is 0 Å². The molecule has 306 valence electrons. The zero-order valence-corrected chi connectivity index (χ0v) is 33.3. The van der Waals surface area contributed by atoms with Gasteiger partial charge in [0.25, 0.3) is 0 Å². The van der Waals surface area contributed by atoms with Crippen molar-refractivity contribution < 1.29 is 26.3 Å². The highest BCUT2D eigenvalue weighted by Gasteiger charge is 2.53. The summed E-state index contributed by atoms with van der Waals surface area (Å²) in [7, 11) is 0. The highest BCUT2D eigenvalue weighted by Crippen LogP contribution is 2.65. The fraction of sp³-hybridized carbons (Fsp3) is 0.0545. The quantitative estimate of drug-likeness (QED) is 0.154. The predicted octanol–water partition coefficient (Wildman–Crippen LogP) is 16.2. The number of para-hydroxylation sites is 2. The molecule has 0 saturated carbocycles. The summed E-state index contributed by atoms with van der Waals surface area (Å²) in [5.41, 5.74) is 10.2. The first-order valence-electron chi connectivity index (χ1n) is 20.5. The number of alkyl halides is 6. The Morgan fingerprint density at radius 1 is 0.317 bits per heavy atom. The Hall–Kier alpha value is -7.58. The lowest BCUT2D eigenvalue weighted by Crippen LogP contribution is -2.26. The summed E-state index contributed by atoms with van der Waals surface area (Å²) < 4.78 is 83.3. The van der Waals surface area contributed by atoms with E-state index in [1.54, 1.807) is 0 Å². The maximum absolute atomic E-state index is 13.9. The van der Waals surface area contributed by atoms with Gasteiger partial charge in [0, 0.05) is 33.8 Å². The minimum Gasteiger partial charge on any atom is -0.310 e. The van der Waals surface area contributed by atoms with Gasteiger partial charge in [-0.05, 0) is 141 Å². The van der Waals surface area contributed by atoms with E-state index in [4.69, 9.17) is 0 Å². The van der Waals surface area contributed by atoms with Crippen molar-refractivity contribution in [2.45, 2.75) is 17.8 Å². The van der Waals surface area contributed by atoms with Crippen LogP contribution < -0.4 is 9.80 Å². The predicted molar refractivity (Wildman–Crippen MR) is 240 cm³/mol. The smallest absolute Gasteiger partial charge is 0.310 e. The summed E-state index contributed by atoms with van der Waals surface area (Å²) in [6.07, 6.45) is -8.99. The van der Waals surface area contributed by atoms with Crippen LogP contribution in [0.3, 0.4) is 0 Å². The van der Waals surface area contributed by atoms with E-state index >= 15 is 0 Å². The zero-order chi connectivity index (χ0) is 43.1. The molecule has 0 aromatic heterocycles. The lowest BCUT2D eigenvalue weighted by Gasteiger charge is -2.34. The van der Waals surface area contributed by atoms with Gasteiger partial charge in [0.15, 0.2) is 0 Å². The lowest BCUT2D eigenvalue weighted by atomic mass is 9.70. The Morgan fingerprint density at radius 2 is 0.746 bits per heavy atom. The van der Waals surface area contributed by atoms with E-state index in [0.29, 0.717) is 11.4 Å². The van der Waals surface area contributed by atoms with Crippen LogP contribution in [-0.2, 0) is 17.8 Å². The lowest BCUT2D eigenvalue weighted by molar-refractivity contribution is -0.138. The summed E-state index contributed by atoms with van der Waals surface area (Å²) in [5.74, 6) is 0. The van der Waals surface area contributed by atoms with Crippen LogP contribution in [0.25, 0.3) is 33.0 Å². The first-order valence-corrected chi connectivity index (χ1v) is 20.5. The van der Waals surface area contributed by atoms with Gasteiger partial charge in [0.1, 0.15) is 0 Å². The maximum atomic E-state index is 13.9. The van der Waals surface area contributed by atoms with Gasteiger partial charge in [0.05, 0.1) is 22.2 Å². The number of fused-ring (bicyclic) bond motifs is 12. The first-order chi connectivity index (χ1) is 30.5. The fourth-order valence-corrected chi connectivity index (χ4v) is 9.91. The number of benzene rings is 9. The Balaban J connectivity index is 1.22. The van der Waals surface area contributed by atoms with Gasteiger partial charge in [-0.25, -0.2) is 0 Å². The van der Waals surface area contributed by atoms with E-state index in [-0.39, 0.29) is 0 Å². The molecule has 0 unspecified atom stereocenters. The van der Waals surface area contributed by atoms with Gasteiger partial charge in [-0.3, -0.25) is 0 Å². The standard InChI is InChI=1S/C55H34F6N2/c56-54(57,58)35-23-27-39(28-24-35)62(37-13-3-1-4-14-37)41-31-32-46-49(33-41)53(47-21-11-9-17-42(47)43-18-10-12-22-48(43)53)50-34-51(44-19-7-8-20-45(44)52(46)50)63(38-15-5-2-6-16-38)40-29-25-36(26-30-40)55(59,60)61/h1-34H. The Bertz CT molecular complexity index is 3150. The van der Waals surface area contributed by atoms with E-state index in [1.165, 1.54) is 24.3 Å². The third-order valence-corrected chi connectivity index (χ3v) is 12.5. The molecule has 11 rings (SSSR count). The van der Waals surface area contributed by atoms with Crippen molar-refractivity contribution in [2.24, 2.45) is 0 Å². The van der Waals surface area contributed by atoms with Crippen molar-refractivity contribution in [2.75, 3.05) is 9.80 Å². The molecular weight excluding hydrogens is 803 g/mol. The Morgan fingerprint density at radius 3 is 1.29 bits per heavy atom. The van der Waals surface area contributed by atoms with E-state index < -0.39 is 28.9 Å². The number of halogens is 6. The van der Waals surface area contributed by atoms with Crippen molar-refractivity contribution in [3.8, 4) is 22.3 Å². The highest BCUT2D eigenvalue weighted by atomic mass is 19.4. The second kappa shape index (κ2) is 14.2. The molecule has 0 radical (unpaired) electrons. The average Bonchev–Trinajstić information content (AvgIpc) is 3.77. The number of hydrogen-bond donors (Lipinski definition) is 0. The second-order valence-electron chi connectivity index (χ2n) is 15.9. The van der Waals surface area contributed by atoms with Crippen LogP contribution in [0.15, 0.2) is 206 Å². The third-order valence-electron chi connectivity index (χ3n) is 12.5. The van der Waals surface area contributed by atoms with Crippen LogP contribution in [-0.4, -0.2) is 0 Å². The molecule has 0 atom stereocenters. The summed E-state index contributed by atoms with van der Waals surface area (Å²) in [5, 5.41) is 1.87. The number of nitrogens with zero attached hydrogens (tertiary/aromatic N) is 2. The van der Waals surface area contributed by atoms with Gasteiger partial charge in [0.2, 0.25) is 0 Å². The molecule has 9 aromatic rings. The molecule has 2 aliphatic carbocycles. The van der Waals surface area contributed by atoms with Gasteiger partial charge >= 0.3 is 12.4 Å². The Kier molecular flexibility index (Phi) is 8.67. The molecule has 0 heterocycles. The average molecular weight is 837 g/mol. The van der Waals surface area contributed by atoms with Gasteiger partial charge < -0.3 is 9.80 Å². The molecule has 2 nitrogen and oxygen atoms in total. The molecule has 9 aromatic carbocycles. The molecule has 0 N–H and O–H groups in total. The molecule has 0 saturated heterocycles. The maximum Gasteiger partial charge on any atom is 0.416 e. The van der Waals surface area contributed by atoms with Crippen LogP contribution in [0.5, 0.6) is 0 Å². The molecule has 0 fully saturated rings. The third kappa shape index (κ3) is 5.96. The van der Waals surface area contributed by atoms with Crippen LogP contribution in [0.1, 0.15) is 33.4 Å². The van der Waals surface area contributed by atoms with Gasteiger partial charge in [-0.1, -0.05) is 115 Å². The summed E-state index contributed by atoms with van der Waals surface area (Å²) in [6.45, 7) is 0.